The topological polar surface area (TPSA) is 93.1 Å². The van der Waals surface area contributed by atoms with Crippen LogP contribution in [-0.4, -0.2) is 39.3 Å². The van der Waals surface area contributed by atoms with Crippen LogP contribution in [0.4, 0.5) is 10.1 Å². The number of halogens is 2. The quantitative estimate of drug-likeness (QED) is 0.487. The number of nitrogens with zero attached hydrogens (tertiary/aromatic N) is 1. The van der Waals surface area contributed by atoms with Gasteiger partial charge in [-0.2, -0.15) is 0 Å². The van der Waals surface area contributed by atoms with E-state index in [2.05, 4.69) is 0 Å². The van der Waals surface area contributed by atoms with Gasteiger partial charge < -0.3 is 14.6 Å². The minimum absolute atomic E-state index is 0.110. The van der Waals surface area contributed by atoms with Crippen molar-refractivity contribution in [3.05, 3.63) is 71.5 Å². The van der Waals surface area contributed by atoms with Crippen LogP contribution in [-0.2, 0) is 14.8 Å². The van der Waals surface area contributed by atoms with Crippen LogP contribution in [0.3, 0.4) is 0 Å². The highest BCUT2D eigenvalue weighted by atomic mass is 35.5. The summed E-state index contributed by atoms with van der Waals surface area (Å²) in [5.41, 5.74) is 1.78. The third kappa shape index (κ3) is 4.80. The lowest BCUT2D eigenvalue weighted by atomic mass is 10.0. The molecule has 4 rings (SSSR count). The number of methoxy groups -OCH3 is 1. The Labute approximate surface area is 201 Å². The number of anilines is 1. The molecule has 1 atom stereocenters. The molecule has 1 unspecified atom stereocenters. The minimum Gasteiger partial charge on any atom is -0.494 e. The molecule has 0 radical (unpaired) electrons. The highest BCUT2D eigenvalue weighted by Crippen LogP contribution is 2.41. The van der Waals surface area contributed by atoms with Gasteiger partial charge in [0.25, 0.3) is 10.0 Å². The number of fused-ring (bicyclic) bond motifs is 1. The smallest absolute Gasteiger partial charge is 0.303 e. The number of carbonyl (C=O) groups is 1. The summed E-state index contributed by atoms with van der Waals surface area (Å²) in [7, 11) is -2.92. The number of hydrogen-bond acceptors (Lipinski definition) is 5. The van der Waals surface area contributed by atoms with Gasteiger partial charge in [0.1, 0.15) is 11.9 Å². The lowest BCUT2D eigenvalue weighted by Crippen LogP contribution is -2.43. The lowest BCUT2D eigenvalue weighted by molar-refractivity contribution is -0.137. The molecule has 0 amide bonds. The normalized spacial score (nSPS) is 15.4. The van der Waals surface area contributed by atoms with E-state index in [0.29, 0.717) is 16.3 Å². The average molecular weight is 506 g/mol. The first kappa shape index (κ1) is 23.8. The van der Waals surface area contributed by atoms with Crippen molar-refractivity contribution in [3.8, 4) is 22.6 Å². The van der Waals surface area contributed by atoms with Crippen LogP contribution >= 0.6 is 11.6 Å². The number of sulfonamides is 1. The highest BCUT2D eigenvalue weighted by molar-refractivity contribution is 7.92. The first-order chi connectivity index (χ1) is 16.2. The van der Waals surface area contributed by atoms with Gasteiger partial charge in [-0.15, -0.1) is 0 Å². The van der Waals surface area contributed by atoms with Crippen molar-refractivity contribution in [1.82, 2.24) is 0 Å². The summed E-state index contributed by atoms with van der Waals surface area (Å²) >= 11 is 6.12. The summed E-state index contributed by atoms with van der Waals surface area (Å²) in [5, 5.41) is 9.59. The molecule has 0 aliphatic carbocycles. The minimum atomic E-state index is -4.17. The first-order valence-electron chi connectivity index (χ1n) is 10.3. The molecule has 1 aliphatic rings. The standard InChI is InChI=1S/C24H21ClFNO6S/c1-32-23-13-19(7-8-20(23)26)34(30,31)27-14-18(6-10-24(28)29)33-22-9-5-16(12-21(22)27)15-3-2-4-17(25)11-15/h2-5,7-9,11-13,18H,6,10,14H2,1H3,(H,28,29). The van der Waals surface area contributed by atoms with Crippen molar-refractivity contribution >= 4 is 33.3 Å². The maximum Gasteiger partial charge on any atom is 0.303 e. The summed E-state index contributed by atoms with van der Waals surface area (Å²) in [6.45, 7) is -0.110. The van der Waals surface area contributed by atoms with Gasteiger partial charge >= 0.3 is 5.97 Å². The van der Waals surface area contributed by atoms with Gasteiger partial charge in [-0.3, -0.25) is 9.10 Å². The number of carboxylic acids is 1. The molecule has 0 aromatic heterocycles. The van der Waals surface area contributed by atoms with E-state index >= 15 is 0 Å². The first-order valence-corrected chi connectivity index (χ1v) is 12.2. The Morgan fingerprint density at radius 3 is 2.65 bits per heavy atom. The van der Waals surface area contributed by atoms with E-state index in [-0.39, 0.29) is 35.7 Å². The van der Waals surface area contributed by atoms with Crippen LogP contribution in [0.25, 0.3) is 11.1 Å². The van der Waals surface area contributed by atoms with Crippen LogP contribution < -0.4 is 13.8 Å². The van der Waals surface area contributed by atoms with E-state index < -0.39 is 27.9 Å². The molecule has 0 saturated heterocycles. The molecule has 34 heavy (non-hydrogen) atoms. The number of rotatable bonds is 7. The van der Waals surface area contributed by atoms with Crippen molar-refractivity contribution in [2.75, 3.05) is 18.0 Å². The Balaban J connectivity index is 1.81. The molecule has 3 aromatic rings. The third-order valence-electron chi connectivity index (χ3n) is 5.44. The van der Waals surface area contributed by atoms with Gasteiger partial charge in [0.15, 0.2) is 11.6 Å². The second-order valence-corrected chi connectivity index (χ2v) is 10.00. The van der Waals surface area contributed by atoms with Gasteiger partial charge in [0.05, 0.1) is 24.2 Å². The monoisotopic (exact) mass is 505 g/mol. The Bertz CT molecular complexity index is 1350. The lowest BCUT2D eigenvalue weighted by Gasteiger charge is -2.35. The fourth-order valence-electron chi connectivity index (χ4n) is 3.75. The maximum absolute atomic E-state index is 13.9. The van der Waals surface area contributed by atoms with Gasteiger partial charge in [-0.25, -0.2) is 12.8 Å². The van der Waals surface area contributed by atoms with Crippen LogP contribution in [0.5, 0.6) is 11.5 Å². The third-order valence-corrected chi connectivity index (χ3v) is 7.45. The largest absolute Gasteiger partial charge is 0.494 e. The predicted octanol–water partition coefficient (Wildman–Crippen LogP) is 4.98. The van der Waals surface area contributed by atoms with E-state index in [0.717, 1.165) is 23.8 Å². The molecule has 0 spiro atoms. The van der Waals surface area contributed by atoms with E-state index in [1.165, 1.54) is 11.4 Å². The van der Waals surface area contributed by atoms with Crippen molar-refractivity contribution in [1.29, 1.82) is 0 Å². The van der Waals surface area contributed by atoms with Crippen LogP contribution in [0, 0.1) is 5.82 Å². The van der Waals surface area contributed by atoms with Crippen molar-refractivity contribution in [2.24, 2.45) is 0 Å². The molecule has 0 fully saturated rings. The van der Waals surface area contributed by atoms with E-state index in [1.807, 2.05) is 6.07 Å². The number of carboxylic acid groups (broad SMARTS) is 1. The van der Waals surface area contributed by atoms with Gasteiger partial charge in [-0.05, 0) is 53.9 Å². The molecule has 7 nitrogen and oxygen atoms in total. The summed E-state index contributed by atoms with van der Waals surface area (Å²) in [4.78, 5) is 10.9. The molecule has 0 saturated carbocycles. The zero-order valence-electron chi connectivity index (χ0n) is 18.1. The fraction of sp³-hybridized carbons (Fsp3) is 0.208. The summed E-state index contributed by atoms with van der Waals surface area (Å²) in [5.74, 6) is -1.61. The Morgan fingerprint density at radius 1 is 1.18 bits per heavy atom. The van der Waals surface area contributed by atoms with E-state index in [1.54, 1.807) is 36.4 Å². The van der Waals surface area contributed by atoms with Crippen molar-refractivity contribution < 1.29 is 32.2 Å². The maximum atomic E-state index is 13.9. The number of aliphatic carboxylic acids is 1. The molecule has 3 aromatic carbocycles. The van der Waals surface area contributed by atoms with Crippen LogP contribution in [0.2, 0.25) is 5.02 Å². The Morgan fingerprint density at radius 2 is 1.94 bits per heavy atom. The summed E-state index contributed by atoms with van der Waals surface area (Å²) < 4.78 is 53.3. The van der Waals surface area contributed by atoms with Gasteiger partial charge in [-0.1, -0.05) is 29.8 Å². The SMILES string of the molecule is COc1cc(S(=O)(=O)N2CC(CCC(=O)O)Oc3ccc(-c4cccc(Cl)c4)cc32)ccc1F. The summed E-state index contributed by atoms with van der Waals surface area (Å²) in [6, 6.07) is 15.5. The van der Waals surface area contributed by atoms with Crippen LogP contribution in [0.15, 0.2) is 65.6 Å². The van der Waals surface area contributed by atoms with Gasteiger partial charge in [0, 0.05) is 17.5 Å². The second-order valence-electron chi connectivity index (χ2n) is 7.70. The number of benzene rings is 3. The predicted molar refractivity (Wildman–Crippen MR) is 126 cm³/mol. The Kier molecular flexibility index (Phi) is 6.67. The highest BCUT2D eigenvalue weighted by Gasteiger charge is 2.35. The van der Waals surface area contributed by atoms with Crippen LogP contribution in [0.1, 0.15) is 12.8 Å². The molecule has 1 N–H and O–H groups in total. The molecule has 10 heteroatoms. The second kappa shape index (κ2) is 9.52. The molecule has 178 valence electrons. The molecular formula is C24H21ClFNO6S. The van der Waals surface area contributed by atoms with Crippen molar-refractivity contribution in [2.45, 2.75) is 23.8 Å². The van der Waals surface area contributed by atoms with E-state index in [9.17, 15) is 17.6 Å². The van der Waals surface area contributed by atoms with Crippen molar-refractivity contribution in [3.63, 3.8) is 0 Å². The number of ether oxygens (including phenoxy) is 2. The zero-order valence-corrected chi connectivity index (χ0v) is 19.6. The number of hydrogen-bond donors (Lipinski definition) is 1. The molecule has 1 aliphatic heterocycles. The van der Waals surface area contributed by atoms with Gasteiger partial charge in [0.2, 0.25) is 0 Å². The summed E-state index contributed by atoms with van der Waals surface area (Å²) in [6.07, 6.45) is -0.750. The van der Waals surface area contributed by atoms with E-state index in [4.69, 9.17) is 26.2 Å². The molecular weight excluding hydrogens is 485 g/mol. The average Bonchev–Trinajstić information content (AvgIpc) is 2.82. The Hall–Kier alpha value is -3.30. The fourth-order valence-corrected chi connectivity index (χ4v) is 5.45. The molecule has 1 heterocycles. The molecule has 0 bridgehead atoms. The zero-order chi connectivity index (χ0) is 24.5.